The van der Waals surface area contributed by atoms with Gasteiger partial charge < -0.3 is 15.5 Å². The molecule has 35 heavy (non-hydrogen) atoms. The number of nitrogens with one attached hydrogen (secondary N) is 2. The number of aliphatic imine (C=N–C) groups is 1. The Balaban J connectivity index is 1.80. The highest BCUT2D eigenvalue weighted by molar-refractivity contribution is 6.21. The zero-order valence-corrected chi connectivity index (χ0v) is 20.0. The van der Waals surface area contributed by atoms with E-state index in [1.807, 2.05) is 81.4 Å². The van der Waals surface area contributed by atoms with Gasteiger partial charge in [0.1, 0.15) is 0 Å². The summed E-state index contributed by atoms with van der Waals surface area (Å²) in [6.07, 6.45) is -1.21. The van der Waals surface area contributed by atoms with Crippen molar-refractivity contribution in [2.75, 3.05) is 11.4 Å². The number of urea groups is 1. The van der Waals surface area contributed by atoms with Crippen LogP contribution < -0.4 is 15.5 Å². The molecule has 0 saturated heterocycles. The van der Waals surface area contributed by atoms with Crippen LogP contribution in [0.15, 0.2) is 83.9 Å². The fourth-order valence-corrected chi connectivity index (χ4v) is 4.06. The van der Waals surface area contributed by atoms with Crippen molar-refractivity contribution in [3.05, 3.63) is 101 Å². The zero-order valence-electron chi connectivity index (χ0n) is 20.0. The average Bonchev–Trinajstić information content (AvgIpc) is 2.95. The Morgan fingerprint density at radius 2 is 1.60 bits per heavy atom. The molecule has 4 rings (SSSR count). The van der Waals surface area contributed by atoms with E-state index in [1.165, 1.54) is 4.90 Å². The molecule has 7 heteroatoms. The van der Waals surface area contributed by atoms with Crippen LogP contribution in [-0.2, 0) is 4.79 Å². The molecule has 7 nitrogen and oxygen atoms in total. The molecule has 0 unspecified atom stereocenters. The molecule has 1 heterocycles. The second kappa shape index (κ2) is 10.3. The zero-order chi connectivity index (χ0) is 24.9. The molecule has 0 aliphatic carbocycles. The number of para-hydroxylation sites is 1. The molecule has 0 spiro atoms. The second-order valence-corrected chi connectivity index (χ2v) is 8.70. The van der Waals surface area contributed by atoms with Crippen LogP contribution in [0.4, 0.5) is 10.5 Å². The van der Waals surface area contributed by atoms with Gasteiger partial charge in [-0.3, -0.25) is 9.59 Å². The minimum atomic E-state index is -1.21. The fourth-order valence-electron chi connectivity index (χ4n) is 4.06. The van der Waals surface area contributed by atoms with Crippen molar-refractivity contribution in [3.8, 4) is 0 Å². The van der Waals surface area contributed by atoms with Gasteiger partial charge in [0.05, 0.1) is 17.9 Å². The number of amides is 3. The molecular formula is C28H28N4O3. The summed E-state index contributed by atoms with van der Waals surface area (Å²) in [5.74, 6) is -0.677. The lowest BCUT2D eigenvalue weighted by Crippen LogP contribution is -2.52. The SMILES string of the molecule is Cc1ccccc1C(=O)CN1C(=O)[C@H](NC(=O)NC(C)C)N=C(c2ccccc2)c2ccccc21. The summed E-state index contributed by atoms with van der Waals surface area (Å²) in [6, 6.07) is 23.5. The summed E-state index contributed by atoms with van der Waals surface area (Å²) in [6.45, 7) is 5.34. The van der Waals surface area contributed by atoms with Gasteiger partial charge in [0.2, 0.25) is 6.17 Å². The maximum absolute atomic E-state index is 13.8. The van der Waals surface area contributed by atoms with Crippen molar-refractivity contribution in [1.82, 2.24) is 10.6 Å². The topological polar surface area (TPSA) is 90.9 Å². The lowest BCUT2D eigenvalue weighted by atomic mass is 9.99. The van der Waals surface area contributed by atoms with Crippen LogP contribution in [0, 0.1) is 6.92 Å². The van der Waals surface area contributed by atoms with Gasteiger partial charge in [0.15, 0.2) is 5.78 Å². The van der Waals surface area contributed by atoms with Crippen LogP contribution in [0.25, 0.3) is 0 Å². The van der Waals surface area contributed by atoms with Crippen LogP contribution in [-0.4, -0.2) is 42.2 Å². The van der Waals surface area contributed by atoms with E-state index in [1.54, 1.807) is 18.2 Å². The first-order valence-corrected chi connectivity index (χ1v) is 11.5. The van der Waals surface area contributed by atoms with Gasteiger partial charge >= 0.3 is 6.03 Å². The van der Waals surface area contributed by atoms with E-state index >= 15 is 0 Å². The van der Waals surface area contributed by atoms with Crippen molar-refractivity contribution >= 4 is 29.1 Å². The molecule has 1 atom stereocenters. The number of nitrogens with zero attached hydrogens (tertiary/aromatic N) is 2. The summed E-state index contributed by atoms with van der Waals surface area (Å²) >= 11 is 0. The molecule has 0 saturated carbocycles. The molecule has 178 valence electrons. The van der Waals surface area contributed by atoms with Gasteiger partial charge in [0, 0.05) is 22.7 Å². The number of hydrogen-bond acceptors (Lipinski definition) is 4. The maximum atomic E-state index is 13.8. The van der Waals surface area contributed by atoms with Crippen molar-refractivity contribution in [2.45, 2.75) is 33.0 Å². The first-order chi connectivity index (χ1) is 16.8. The summed E-state index contributed by atoms with van der Waals surface area (Å²) in [4.78, 5) is 45.8. The summed E-state index contributed by atoms with van der Waals surface area (Å²) in [5, 5.41) is 5.43. The van der Waals surface area contributed by atoms with Gasteiger partial charge in [-0.25, -0.2) is 9.79 Å². The Hall–Kier alpha value is -4.26. The third kappa shape index (κ3) is 5.30. The maximum Gasteiger partial charge on any atom is 0.317 e. The Kier molecular flexibility index (Phi) is 7.06. The predicted octanol–water partition coefficient (Wildman–Crippen LogP) is 4.10. The first-order valence-electron chi connectivity index (χ1n) is 11.5. The highest BCUT2D eigenvalue weighted by atomic mass is 16.2. The highest BCUT2D eigenvalue weighted by Gasteiger charge is 2.34. The normalized spacial score (nSPS) is 15.2. The number of anilines is 1. The van der Waals surface area contributed by atoms with Gasteiger partial charge in [-0.1, -0.05) is 72.8 Å². The Labute approximate surface area is 204 Å². The molecule has 0 aromatic heterocycles. The standard InChI is InChI=1S/C28H28N4O3/c1-18(2)29-28(35)31-26-27(34)32(17-24(33)21-14-8-7-11-19(21)3)23-16-10-9-15-22(23)25(30-26)20-12-5-4-6-13-20/h4-16,18,26H,17H2,1-3H3,(H2,29,31,35)/t26-/m0/s1. The number of aryl methyl sites for hydroxylation is 1. The van der Waals surface area contributed by atoms with Gasteiger partial charge in [-0.05, 0) is 32.4 Å². The quantitative estimate of drug-likeness (QED) is 0.534. The monoisotopic (exact) mass is 468 g/mol. The van der Waals surface area contributed by atoms with Crippen molar-refractivity contribution in [3.63, 3.8) is 0 Å². The molecule has 0 radical (unpaired) electrons. The van der Waals surface area contributed by atoms with Gasteiger partial charge in [0.25, 0.3) is 5.91 Å². The summed E-state index contributed by atoms with van der Waals surface area (Å²) < 4.78 is 0. The molecule has 3 aromatic carbocycles. The molecule has 3 amide bonds. The van der Waals surface area contributed by atoms with E-state index in [0.29, 0.717) is 22.5 Å². The van der Waals surface area contributed by atoms with Crippen LogP contribution in [0.1, 0.15) is 40.9 Å². The van der Waals surface area contributed by atoms with E-state index in [9.17, 15) is 14.4 Å². The van der Waals surface area contributed by atoms with Gasteiger partial charge in [-0.2, -0.15) is 0 Å². The molecule has 1 aliphatic rings. The van der Waals surface area contributed by atoms with Crippen LogP contribution in [0.3, 0.4) is 0 Å². The van der Waals surface area contributed by atoms with E-state index in [2.05, 4.69) is 10.6 Å². The smallest absolute Gasteiger partial charge is 0.317 e. The number of hydrogen-bond donors (Lipinski definition) is 2. The number of benzodiazepines with no additional fused rings is 1. The van der Waals surface area contributed by atoms with E-state index in [4.69, 9.17) is 4.99 Å². The minimum Gasteiger partial charge on any atom is -0.336 e. The van der Waals surface area contributed by atoms with Crippen molar-refractivity contribution in [1.29, 1.82) is 0 Å². The number of rotatable bonds is 6. The third-order valence-electron chi connectivity index (χ3n) is 5.69. The van der Waals surface area contributed by atoms with E-state index in [0.717, 1.165) is 11.1 Å². The minimum absolute atomic E-state index is 0.121. The summed E-state index contributed by atoms with van der Waals surface area (Å²) in [5.41, 5.74) is 4.02. The Morgan fingerprint density at radius 3 is 2.31 bits per heavy atom. The lowest BCUT2D eigenvalue weighted by Gasteiger charge is -2.25. The Bertz CT molecular complexity index is 1280. The lowest BCUT2D eigenvalue weighted by molar-refractivity contribution is -0.120. The number of carbonyl (C=O) groups excluding carboxylic acids is 3. The molecule has 3 aromatic rings. The molecular weight excluding hydrogens is 440 g/mol. The third-order valence-corrected chi connectivity index (χ3v) is 5.69. The first kappa shape index (κ1) is 23.9. The summed E-state index contributed by atoms with van der Waals surface area (Å²) in [7, 11) is 0. The van der Waals surface area contributed by atoms with Crippen LogP contribution in [0.2, 0.25) is 0 Å². The van der Waals surface area contributed by atoms with Crippen molar-refractivity contribution < 1.29 is 14.4 Å². The molecule has 0 bridgehead atoms. The number of fused-ring (bicyclic) bond motifs is 1. The van der Waals surface area contributed by atoms with Gasteiger partial charge in [-0.15, -0.1) is 0 Å². The fraction of sp³-hybridized carbons (Fsp3) is 0.214. The molecule has 1 aliphatic heterocycles. The molecule has 2 N–H and O–H groups in total. The number of ketones is 1. The second-order valence-electron chi connectivity index (χ2n) is 8.70. The van der Waals surface area contributed by atoms with E-state index < -0.39 is 18.1 Å². The van der Waals surface area contributed by atoms with Crippen molar-refractivity contribution in [2.24, 2.45) is 4.99 Å². The highest BCUT2D eigenvalue weighted by Crippen LogP contribution is 2.28. The average molecular weight is 469 g/mol. The number of carbonyl (C=O) groups is 3. The van der Waals surface area contributed by atoms with E-state index in [-0.39, 0.29) is 18.4 Å². The van der Waals surface area contributed by atoms with Crippen LogP contribution in [0.5, 0.6) is 0 Å². The van der Waals surface area contributed by atoms with Crippen LogP contribution >= 0.6 is 0 Å². The largest absolute Gasteiger partial charge is 0.336 e. The Morgan fingerprint density at radius 1 is 0.943 bits per heavy atom. The predicted molar refractivity (Wildman–Crippen MR) is 137 cm³/mol. The molecule has 0 fully saturated rings. The number of benzene rings is 3. The number of Topliss-reactive ketones (excluding diaryl/α,β-unsaturated/α-hetero) is 1.